The molecule has 2 bridgehead atoms. The van der Waals surface area contributed by atoms with Gasteiger partial charge >= 0.3 is 12.0 Å². The van der Waals surface area contributed by atoms with E-state index < -0.39 is 10.8 Å². The topological polar surface area (TPSA) is 75.7 Å². The van der Waals surface area contributed by atoms with Gasteiger partial charge < -0.3 is 15.0 Å². The Morgan fingerprint density at radius 2 is 2.10 bits per heavy atom. The maximum Gasteiger partial charge on any atom is 0.336 e. The van der Waals surface area contributed by atoms with Crippen molar-refractivity contribution >= 4 is 49.8 Å². The lowest BCUT2D eigenvalue weighted by atomic mass is 9.92. The zero-order valence-electron chi connectivity index (χ0n) is 16.5. The summed E-state index contributed by atoms with van der Waals surface area (Å²) in [5, 5.41) is 4.02. The smallest absolute Gasteiger partial charge is 0.336 e. The summed E-state index contributed by atoms with van der Waals surface area (Å²) in [5.74, 6) is 0.0528. The number of carbonyl (C=O) groups excluding carboxylic acids is 2. The van der Waals surface area contributed by atoms with Crippen LogP contribution in [-0.2, 0) is 20.3 Å². The Morgan fingerprint density at radius 3 is 2.83 bits per heavy atom. The predicted molar refractivity (Wildman–Crippen MR) is 116 cm³/mol. The summed E-state index contributed by atoms with van der Waals surface area (Å²) < 4.78 is 17.6. The van der Waals surface area contributed by atoms with E-state index >= 15 is 0 Å². The van der Waals surface area contributed by atoms with Gasteiger partial charge in [-0.15, -0.1) is 11.3 Å². The average Bonchev–Trinajstić information content (AvgIpc) is 3.27. The third-order valence-electron chi connectivity index (χ3n) is 5.63. The molecule has 0 spiro atoms. The first-order valence-corrected chi connectivity index (χ1v) is 12.2. The van der Waals surface area contributed by atoms with Crippen molar-refractivity contribution in [3.8, 4) is 0 Å². The highest BCUT2D eigenvalue weighted by Crippen LogP contribution is 2.45. The van der Waals surface area contributed by atoms with E-state index in [2.05, 4.69) is 23.5 Å². The molecular formula is C21H24N2O4S2. The highest BCUT2D eigenvalue weighted by Gasteiger charge is 2.46. The number of esters is 1. The SMILES string of the molecule is COC(=O)C1=C(c2cc3ccccc3s2)C[C@@H]2CC[C@H]1N2C(=O)NCCS(C)=O. The lowest BCUT2D eigenvalue weighted by Gasteiger charge is -2.36. The molecule has 1 N–H and O–H groups in total. The minimum Gasteiger partial charge on any atom is -0.466 e. The number of thiophene rings is 1. The number of fused-ring (bicyclic) bond motifs is 3. The Hall–Kier alpha value is -2.19. The third-order valence-corrected chi connectivity index (χ3v) is 7.58. The Morgan fingerprint density at radius 1 is 1.31 bits per heavy atom. The van der Waals surface area contributed by atoms with E-state index in [1.165, 1.54) is 11.8 Å². The van der Waals surface area contributed by atoms with Gasteiger partial charge in [-0.2, -0.15) is 0 Å². The van der Waals surface area contributed by atoms with Gasteiger partial charge in [-0.1, -0.05) is 18.2 Å². The number of methoxy groups -OCH3 is 1. The monoisotopic (exact) mass is 432 g/mol. The molecule has 1 unspecified atom stereocenters. The summed E-state index contributed by atoms with van der Waals surface area (Å²) in [6.45, 7) is 0.359. The first-order valence-electron chi connectivity index (χ1n) is 9.66. The van der Waals surface area contributed by atoms with Crippen molar-refractivity contribution in [1.82, 2.24) is 10.2 Å². The molecular weight excluding hydrogens is 408 g/mol. The summed E-state index contributed by atoms with van der Waals surface area (Å²) in [6.07, 6.45) is 3.86. The molecule has 154 valence electrons. The fourth-order valence-corrected chi connectivity index (χ4v) is 5.87. The normalized spacial score (nSPS) is 22.1. The van der Waals surface area contributed by atoms with Crippen LogP contribution in [-0.4, -0.2) is 58.9 Å². The molecule has 29 heavy (non-hydrogen) atoms. The Labute approximate surface area is 176 Å². The first-order chi connectivity index (χ1) is 14.0. The molecule has 3 atom stereocenters. The van der Waals surface area contributed by atoms with Gasteiger partial charge in [-0.05, 0) is 42.4 Å². The van der Waals surface area contributed by atoms with Crippen molar-refractivity contribution in [3.63, 3.8) is 0 Å². The fraction of sp³-hybridized carbons (Fsp3) is 0.429. The van der Waals surface area contributed by atoms with E-state index in [0.29, 0.717) is 24.3 Å². The highest BCUT2D eigenvalue weighted by molar-refractivity contribution is 7.84. The summed E-state index contributed by atoms with van der Waals surface area (Å²) in [6, 6.07) is 9.88. The lowest BCUT2D eigenvalue weighted by Crippen LogP contribution is -2.51. The van der Waals surface area contributed by atoms with Crippen LogP contribution in [0.15, 0.2) is 35.9 Å². The molecule has 1 aromatic heterocycles. The van der Waals surface area contributed by atoms with E-state index in [4.69, 9.17) is 4.74 Å². The van der Waals surface area contributed by atoms with Crippen LogP contribution in [0.25, 0.3) is 15.7 Å². The van der Waals surface area contributed by atoms with Gasteiger partial charge in [-0.25, -0.2) is 9.59 Å². The van der Waals surface area contributed by atoms with E-state index in [9.17, 15) is 13.8 Å². The van der Waals surface area contributed by atoms with Crippen LogP contribution in [0.1, 0.15) is 24.1 Å². The second kappa shape index (κ2) is 8.28. The van der Waals surface area contributed by atoms with Gasteiger partial charge in [0.25, 0.3) is 0 Å². The Bertz CT molecular complexity index is 980. The molecule has 2 amide bonds. The molecule has 6 nitrogen and oxygen atoms in total. The number of nitrogens with one attached hydrogen (secondary N) is 1. The Kier molecular flexibility index (Phi) is 5.74. The van der Waals surface area contributed by atoms with Crippen LogP contribution in [0, 0.1) is 0 Å². The van der Waals surface area contributed by atoms with Crippen LogP contribution in [0.5, 0.6) is 0 Å². The summed E-state index contributed by atoms with van der Waals surface area (Å²) >= 11 is 1.68. The van der Waals surface area contributed by atoms with E-state index in [0.717, 1.165) is 28.7 Å². The highest BCUT2D eigenvalue weighted by atomic mass is 32.2. The van der Waals surface area contributed by atoms with Crippen molar-refractivity contribution in [2.75, 3.05) is 25.7 Å². The third kappa shape index (κ3) is 3.83. The maximum atomic E-state index is 12.8. The number of urea groups is 1. The van der Waals surface area contributed by atoms with Gasteiger partial charge in [0.2, 0.25) is 0 Å². The van der Waals surface area contributed by atoms with Gasteiger partial charge in [-0.3, -0.25) is 4.21 Å². The minimum atomic E-state index is -0.958. The van der Waals surface area contributed by atoms with Gasteiger partial charge in [0, 0.05) is 45.0 Å². The predicted octanol–water partition coefficient (Wildman–Crippen LogP) is 3.15. The molecule has 1 saturated heterocycles. The quantitative estimate of drug-likeness (QED) is 0.737. The second-order valence-electron chi connectivity index (χ2n) is 7.40. The van der Waals surface area contributed by atoms with Crippen LogP contribution in [0.3, 0.4) is 0 Å². The summed E-state index contributed by atoms with van der Waals surface area (Å²) in [5.41, 5.74) is 1.60. The molecule has 3 heterocycles. The number of hydrogen-bond donors (Lipinski definition) is 1. The zero-order valence-corrected chi connectivity index (χ0v) is 18.1. The number of rotatable bonds is 5. The first kappa shape index (κ1) is 20.1. The van der Waals surface area contributed by atoms with E-state index in [1.807, 2.05) is 12.1 Å². The van der Waals surface area contributed by atoms with Crippen molar-refractivity contribution < 1.29 is 18.5 Å². The molecule has 1 fully saturated rings. The Balaban J connectivity index is 1.68. The van der Waals surface area contributed by atoms with Crippen LogP contribution < -0.4 is 5.32 Å². The number of amides is 2. The summed E-state index contributed by atoms with van der Waals surface area (Å²) in [7, 11) is 0.430. The number of ether oxygens (including phenoxy) is 1. The average molecular weight is 433 g/mol. The molecule has 0 radical (unpaired) electrons. The molecule has 2 aliphatic heterocycles. The molecule has 8 heteroatoms. The second-order valence-corrected chi connectivity index (χ2v) is 10.0. The van der Waals surface area contributed by atoms with Gasteiger partial charge in [0.05, 0.1) is 18.7 Å². The standard InChI is InChI=1S/C21H24N2O4S2/c1-27-20(24)19-15(18-11-13-5-3-4-6-17(13)28-18)12-14-7-8-16(19)23(14)21(25)22-9-10-29(2)26/h3-6,11,14,16H,7-10,12H2,1-2H3,(H,22,25)/t14-,16+,29?/m0/s1. The lowest BCUT2D eigenvalue weighted by molar-refractivity contribution is -0.136. The van der Waals surface area contributed by atoms with Crippen LogP contribution in [0.2, 0.25) is 0 Å². The molecule has 2 aliphatic rings. The van der Waals surface area contributed by atoms with Gasteiger partial charge in [0.15, 0.2) is 0 Å². The maximum absolute atomic E-state index is 12.8. The van der Waals surface area contributed by atoms with Crippen molar-refractivity contribution in [1.29, 1.82) is 0 Å². The number of benzene rings is 1. The van der Waals surface area contributed by atoms with Crippen molar-refractivity contribution in [3.05, 3.63) is 40.8 Å². The fourth-order valence-electron chi connectivity index (χ4n) is 4.35. The van der Waals surface area contributed by atoms with E-state index in [1.54, 1.807) is 22.5 Å². The van der Waals surface area contributed by atoms with Crippen molar-refractivity contribution in [2.24, 2.45) is 0 Å². The van der Waals surface area contributed by atoms with Crippen molar-refractivity contribution in [2.45, 2.75) is 31.3 Å². The van der Waals surface area contributed by atoms with E-state index in [-0.39, 0.29) is 24.1 Å². The molecule has 0 aliphatic carbocycles. The molecule has 4 rings (SSSR count). The minimum absolute atomic E-state index is 0.0562. The molecule has 2 aromatic rings. The number of carbonyl (C=O) groups is 2. The number of hydrogen-bond acceptors (Lipinski definition) is 5. The molecule has 1 aromatic carbocycles. The van der Waals surface area contributed by atoms with Crippen LogP contribution in [0.4, 0.5) is 4.79 Å². The number of nitrogens with zero attached hydrogens (tertiary/aromatic N) is 1. The zero-order chi connectivity index (χ0) is 20.5. The summed E-state index contributed by atoms with van der Waals surface area (Å²) in [4.78, 5) is 28.4. The molecule has 0 saturated carbocycles. The van der Waals surface area contributed by atoms with Crippen LogP contribution >= 0.6 is 11.3 Å². The van der Waals surface area contributed by atoms with Gasteiger partial charge in [0.1, 0.15) is 0 Å². The largest absolute Gasteiger partial charge is 0.466 e.